The molecule has 1 saturated carbocycles. The molecule has 0 bridgehead atoms. The van der Waals surface area contributed by atoms with Gasteiger partial charge in [0.15, 0.2) is 5.69 Å². The molecule has 150 valence electrons. The smallest absolute Gasteiger partial charge is 0.273 e. The highest BCUT2D eigenvalue weighted by Crippen LogP contribution is 2.40. The third kappa shape index (κ3) is 4.67. The standard InChI is InChI=1S/C19H31N5O2S/c1-12-9-15(20)5-7-23(12)27-24-8-6-16(10-13(24)2)21-19(25)17-11-18(26-22-17)14-3-4-14/h11-16H,3-10,20H2,1-2H3,(H,21,25). The highest BCUT2D eigenvalue weighted by molar-refractivity contribution is 7.94. The molecule has 4 unspecified atom stereocenters. The van der Waals surface area contributed by atoms with Gasteiger partial charge in [-0.15, -0.1) is 0 Å². The fourth-order valence-electron chi connectivity index (χ4n) is 4.06. The lowest BCUT2D eigenvalue weighted by atomic mass is 10.0. The number of aromatic nitrogens is 1. The molecule has 2 aliphatic heterocycles. The summed E-state index contributed by atoms with van der Waals surface area (Å²) in [6.07, 6.45) is 6.33. The van der Waals surface area contributed by atoms with E-state index < -0.39 is 0 Å². The first-order valence-electron chi connectivity index (χ1n) is 10.2. The van der Waals surface area contributed by atoms with Crippen LogP contribution in [0, 0.1) is 0 Å². The summed E-state index contributed by atoms with van der Waals surface area (Å²) >= 11 is 1.86. The van der Waals surface area contributed by atoms with E-state index in [0.717, 1.165) is 57.4 Å². The summed E-state index contributed by atoms with van der Waals surface area (Å²) in [4.78, 5) is 12.5. The van der Waals surface area contributed by atoms with Crippen LogP contribution in [0.2, 0.25) is 0 Å². The largest absolute Gasteiger partial charge is 0.360 e. The second-order valence-electron chi connectivity index (χ2n) is 8.43. The molecule has 3 heterocycles. The molecule has 4 atom stereocenters. The van der Waals surface area contributed by atoms with E-state index in [0.29, 0.717) is 29.7 Å². The quantitative estimate of drug-likeness (QED) is 0.743. The Bertz CT molecular complexity index is 664. The first kappa shape index (κ1) is 19.2. The lowest BCUT2D eigenvalue weighted by Crippen LogP contribution is -2.49. The number of hydrogen-bond donors (Lipinski definition) is 2. The number of nitrogens with zero attached hydrogens (tertiary/aromatic N) is 3. The van der Waals surface area contributed by atoms with E-state index in [1.54, 1.807) is 0 Å². The van der Waals surface area contributed by atoms with Gasteiger partial charge < -0.3 is 15.6 Å². The van der Waals surface area contributed by atoms with Crippen LogP contribution in [0.1, 0.15) is 74.5 Å². The van der Waals surface area contributed by atoms with Gasteiger partial charge in [-0.2, -0.15) is 0 Å². The molecule has 4 rings (SSSR count). The minimum atomic E-state index is -0.109. The summed E-state index contributed by atoms with van der Waals surface area (Å²) in [6.45, 7) is 6.52. The zero-order valence-corrected chi connectivity index (χ0v) is 17.1. The molecule has 0 radical (unpaired) electrons. The van der Waals surface area contributed by atoms with E-state index in [4.69, 9.17) is 10.3 Å². The van der Waals surface area contributed by atoms with Crippen molar-refractivity contribution in [3.63, 3.8) is 0 Å². The zero-order valence-electron chi connectivity index (χ0n) is 16.3. The molecule has 7 nitrogen and oxygen atoms in total. The molecule has 2 saturated heterocycles. The Morgan fingerprint density at radius 1 is 1.19 bits per heavy atom. The average molecular weight is 394 g/mol. The van der Waals surface area contributed by atoms with E-state index in [1.807, 2.05) is 18.2 Å². The second kappa shape index (κ2) is 8.11. The van der Waals surface area contributed by atoms with Crippen LogP contribution in [-0.4, -0.2) is 56.9 Å². The van der Waals surface area contributed by atoms with E-state index >= 15 is 0 Å². The first-order valence-corrected chi connectivity index (χ1v) is 11.0. The van der Waals surface area contributed by atoms with Gasteiger partial charge in [-0.3, -0.25) is 4.79 Å². The summed E-state index contributed by atoms with van der Waals surface area (Å²) in [7, 11) is 0. The highest BCUT2D eigenvalue weighted by atomic mass is 32.2. The van der Waals surface area contributed by atoms with Crippen molar-refractivity contribution in [3.8, 4) is 0 Å². The van der Waals surface area contributed by atoms with Crippen LogP contribution in [0.4, 0.5) is 0 Å². The van der Waals surface area contributed by atoms with E-state index in [9.17, 15) is 4.79 Å². The van der Waals surface area contributed by atoms with Crippen molar-refractivity contribution >= 4 is 18.0 Å². The summed E-state index contributed by atoms with van der Waals surface area (Å²) in [5.41, 5.74) is 6.50. The summed E-state index contributed by atoms with van der Waals surface area (Å²) in [5.74, 6) is 1.23. The van der Waals surface area contributed by atoms with Crippen molar-refractivity contribution in [2.75, 3.05) is 13.1 Å². The number of carbonyl (C=O) groups excluding carboxylic acids is 1. The maximum Gasteiger partial charge on any atom is 0.273 e. The lowest BCUT2D eigenvalue weighted by Gasteiger charge is -2.42. The second-order valence-corrected chi connectivity index (χ2v) is 9.53. The number of rotatable bonds is 5. The fourth-order valence-corrected chi connectivity index (χ4v) is 5.20. The maximum atomic E-state index is 12.5. The van der Waals surface area contributed by atoms with Crippen LogP contribution in [0.5, 0.6) is 0 Å². The molecule has 3 aliphatic rings. The number of piperidine rings is 2. The third-order valence-corrected chi connectivity index (χ3v) is 7.46. The van der Waals surface area contributed by atoms with Crippen molar-refractivity contribution in [2.24, 2.45) is 5.73 Å². The minimum Gasteiger partial charge on any atom is -0.360 e. The van der Waals surface area contributed by atoms with E-state index in [1.165, 1.54) is 0 Å². The monoisotopic (exact) mass is 393 g/mol. The predicted molar refractivity (Wildman–Crippen MR) is 106 cm³/mol. The molecule has 8 heteroatoms. The van der Waals surface area contributed by atoms with Crippen LogP contribution in [0.25, 0.3) is 0 Å². The fraction of sp³-hybridized carbons (Fsp3) is 0.789. The molecular weight excluding hydrogens is 362 g/mol. The van der Waals surface area contributed by atoms with Crippen molar-refractivity contribution in [1.82, 2.24) is 19.1 Å². The SMILES string of the molecule is CC1CC(N)CCN1SN1CCC(NC(=O)c2cc(C3CC3)on2)CC1C. The molecule has 0 spiro atoms. The number of amides is 1. The Morgan fingerprint density at radius 3 is 2.56 bits per heavy atom. The Labute approximate surface area is 165 Å². The maximum absolute atomic E-state index is 12.5. The average Bonchev–Trinajstić information content (AvgIpc) is 3.36. The Morgan fingerprint density at radius 2 is 1.89 bits per heavy atom. The van der Waals surface area contributed by atoms with Gasteiger partial charge in [0.05, 0.1) is 0 Å². The van der Waals surface area contributed by atoms with Gasteiger partial charge in [0.25, 0.3) is 5.91 Å². The van der Waals surface area contributed by atoms with Gasteiger partial charge >= 0.3 is 0 Å². The van der Waals surface area contributed by atoms with Gasteiger partial charge in [0.2, 0.25) is 0 Å². The Hall–Kier alpha value is -1.09. The zero-order chi connectivity index (χ0) is 19.0. The Kier molecular flexibility index (Phi) is 5.78. The minimum absolute atomic E-state index is 0.109. The summed E-state index contributed by atoms with van der Waals surface area (Å²) in [6, 6.07) is 3.27. The first-order chi connectivity index (χ1) is 13.0. The number of carbonyl (C=O) groups is 1. The van der Waals surface area contributed by atoms with Crippen LogP contribution >= 0.6 is 12.1 Å². The van der Waals surface area contributed by atoms with Gasteiger partial charge in [0.1, 0.15) is 5.76 Å². The molecule has 0 aromatic carbocycles. The van der Waals surface area contributed by atoms with Crippen molar-refractivity contribution in [3.05, 3.63) is 17.5 Å². The van der Waals surface area contributed by atoms with Crippen molar-refractivity contribution < 1.29 is 9.32 Å². The van der Waals surface area contributed by atoms with E-state index in [-0.39, 0.29) is 11.9 Å². The molecule has 3 N–H and O–H groups in total. The number of nitrogens with one attached hydrogen (secondary N) is 1. The molecule has 1 aromatic rings. The van der Waals surface area contributed by atoms with Gasteiger partial charge in [-0.1, -0.05) is 5.16 Å². The van der Waals surface area contributed by atoms with E-state index in [2.05, 4.69) is 32.9 Å². The van der Waals surface area contributed by atoms with Crippen LogP contribution in [-0.2, 0) is 0 Å². The Balaban J connectivity index is 1.26. The molecule has 1 aliphatic carbocycles. The van der Waals surface area contributed by atoms with Gasteiger partial charge in [-0.05, 0) is 52.4 Å². The third-order valence-electron chi connectivity index (χ3n) is 5.96. The molecule has 1 aromatic heterocycles. The highest BCUT2D eigenvalue weighted by Gasteiger charge is 2.33. The van der Waals surface area contributed by atoms with Crippen LogP contribution in [0.15, 0.2) is 10.6 Å². The van der Waals surface area contributed by atoms with Crippen LogP contribution < -0.4 is 11.1 Å². The molecule has 27 heavy (non-hydrogen) atoms. The number of nitrogens with two attached hydrogens (primary N) is 1. The number of hydrogen-bond acceptors (Lipinski definition) is 7. The van der Waals surface area contributed by atoms with Crippen molar-refractivity contribution in [1.29, 1.82) is 0 Å². The van der Waals surface area contributed by atoms with Gasteiger partial charge in [-0.25, -0.2) is 8.61 Å². The van der Waals surface area contributed by atoms with Gasteiger partial charge in [0, 0.05) is 61.4 Å². The summed E-state index contributed by atoms with van der Waals surface area (Å²) < 4.78 is 10.2. The topological polar surface area (TPSA) is 87.6 Å². The van der Waals surface area contributed by atoms with Crippen LogP contribution in [0.3, 0.4) is 0 Å². The molecule has 1 amide bonds. The van der Waals surface area contributed by atoms with Crippen molar-refractivity contribution in [2.45, 2.75) is 82.5 Å². The molecular formula is C19H31N5O2S. The lowest BCUT2D eigenvalue weighted by molar-refractivity contribution is 0.0905. The predicted octanol–water partition coefficient (Wildman–Crippen LogP) is 2.51. The molecule has 3 fully saturated rings. The summed E-state index contributed by atoms with van der Waals surface area (Å²) in [5, 5.41) is 7.10. The normalized spacial score (nSPS) is 33.1.